The standard InChI is InChI=1S/C20H26N2O3/c23-20(24-12-4-6-17-14-21-22-15-17)11-10-16-5-3-9-19(13-16)25-18-7-1-2-8-18/h3,5,9,13-15,18H,1-2,4,6-8,10-12H2,(H,21,22). The van der Waals surface area contributed by atoms with Gasteiger partial charge in [-0.15, -0.1) is 0 Å². The first-order chi connectivity index (χ1) is 12.3. The first kappa shape index (κ1) is 17.5. The van der Waals surface area contributed by atoms with Crippen LogP contribution in [0.5, 0.6) is 5.75 Å². The van der Waals surface area contributed by atoms with E-state index in [0.717, 1.165) is 42.6 Å². The van der Waals surface area contributed by atoms with Crippen LogP contribution >= 0.6 is 0 Å². The SMILES string of the molecule is O=C(CCc1cccc(OC2CCCC2)c1)OCCCc1cn[nH]c1. The lowest BCUT2D eigenvalue weighted by Gasteiger charge is -2.13. The van der Waals surface area contributed by atoms with E-state index in [4.69, 9.17) is 9.47 Å². The molecule has 0 unspecified atom stereocenters. The Hall–Kier alpha value is -2.30. The van der Waals surface area contributed by atoms with Gasteiger partial charge in [-0.2, -0.15) is 5.10 Å². The molecule has 0 spiro atoms. The van der Waals surface area contributed by atoms with E-state index < -0.39 is 0 Å². The second-order valence-corrected chi connectivity index (χ2v) is 6.60. The van der Waals surface area contributed by atoms with Crippen LogP contribution in [0.15, 0.2) is 36.7 Å². The van der Waals surface area contributed by atoms with Gasteiger partial charge in [-0.05, 0) is 68.2 Å². The average Bonchev–Trinajstić information content (AvgIpc) is 3.31. The van der Waals surface area contributed by atoms with Crippen LogP contribution in [-0.4, -0.2) is 28.9 Å². The summed E-state index contributed by atoms with van der Waals surface area (Å²) in [5.74, 6) is 0.771. The Morgan fingerprint density at radius 1 is 1.20 bits per heavy atom. The zero-order valence-corrected chi connectivity index (χ0v) is 14.6. The predicted molar refractivity (Wildman–Crippen MR) is 95.5 cm³/mol. The number of aryl methyl sites for hydroxylation is 2. The van der Waals surface area contributed by atoms with E-state index >= 15 is 0 Å². The molecule has 1 heterocycles. The molecule has 1 N–H and O–H groups in total. The summed E-state index contributed by atoms with van der Waals surface area (Å²) in [4.78, 5) is 11.9. The Balaban J connectivity index is 1.35. The number of benzene rings is 1. The summed E-state index contributed by atoms with van der Waals surface area (Å²) in [5.41, 5.74) is 2.25. The number of aromatic nitrogens is 2. The van der Waals surface area contributed by atoms with Gasteiger partial charge in [0.25, 0.3) is 0 Å². The van der Waals surface area contributed by atoms with Crippen molar-refractivity contribution in [1.29, 1.82) is 0 Å². The molecule has 0 atom stereocenters. The molecule has 1 aliphatic rings. The number of hydrogen-bond acceptors (Lipinski definition) is 4. The molecule has 0 saturated heterocycles. The molecule has 25 heavy (non-hydrogen) atoms. The maximum absolute atomic E-state index is 11.9. The van der Waals surface area contributed by atoms with Crippen LogP contribution in [0.25, 0.3) is 0 Å². The third-order valence-electron chi connectivity index (χ3n) is 4.55. The highest BCUT2D eigenvalue weighted by molar-refractivity contribution is 5.69. The molecule has 0 aliphatic heterocycles. The lowest BCUT2D eigenvalue weighted by molar-refractivity contribution is -0.143. The fraction of sp³-hybridized carbons (Fsp3) is 0.500. The third kappa shape index (κ3) is 5.93. The van der Waals surface area contributed by atoms with Crippen molar-refractivity contribution in [1.82, 2.24) is 10.2 Å². The Bertz CT molecular complexity index is 649. The predicted octanol–water partition coefficient (Wildman–Crippen LogP) is 3.84. The fourth-order valence-electron chi connectivity index (χ4n) is 3.17. The molecule has 0 amide bonds. The molecule has 1 aromatic carbocycles. The summed E-state index contributed by atoms with van der Waals surface area (Å²) in [6.45, 7) is 0.453. The van der Waals surface area contributed by atoms with Crippen molar-refractivity contribution in [3.63, 3.8) is 0 Å². The monoisotopic (exact) mass is 342 g/mol. The number of carbonyl (C=O) groups excluding carboxylic acids is 1. The number of ether oxygens (including phenoxy) is 2. The number of carbonyl (C=O) groups is 1. The van der Waals surface area contributed by atoms with Gasteiger partial charge in [0, 0.05) is 12.6 Å². The summed E-state index contributed by atoms with van der Waals surface area (Å²) in [7, 11) is 0. The molecule has 1 aliphatic carbocycles. The van der Waals surface area contributed by atoms with E-state index in [2.05, 4.69) is 10.2 Å². The first-order valence-corrected chi connectivity index (χ1v) is 9.18. The largest absolute Gasteiger partial charge is 0.490 e. The maximum Gasteiger partial charge on any atom is 0.306 e. The molecule has 0 bridgehead atoms. The smallest absolute Gasteiger partial charge is 0.306 e. The Morgan fingerprint density at radius 2 is 2.08 bits per heavy atom. The van der Waals surface area contributed by atoms with Crippen LogP contribution in [0.1, 0.15) is 49.7 Å². The van der Waals surface area contributed by atoms with Crippen LogP contribution in [-0.2, 0) is 22.4 Å². The Kier molecular flexibility index (Phi) is 6.48. The highest BCUT2D eigenvalue weighted by Gasteiger charge is 2.16. The van der Waals surface area contributed by atoms with E-state index in [-0.39, 0.29) is 5.97 Å². The van der Waals surface area contributed by atoms with E-state index in [1.165, 1.54) is 12.8 Å². The second kappa shape index (κ2) is 9.25. The Morgan fingerprint density at radius 3 is 2.88 bits per heavy atom. The number of esters is 1. The quantitative estimate of drug-likeness (QED) is 0.555. The number of nitrogens with one attached hydrogen (secondary N) is 1. The van der Waals surface area contributed by atoms with Gasteiger partial charge in [-0.1, -0.05) is 12.1 Å². The number of aromatic amines is 1. The summed E-state index contributed by atoms with van der Waals surface area (Å²) in [6.07, 6.45) is 11.6. The van der Waals surface area contributed by atoms with Crippen LogP contribution in [0.4, 0.5) is 0 Å². The second-order valence-electron chi connectivity index (χ2n) is 6.60. The molecule has 5 heteroatoms. The summed E-state index contributed by atoms with van der Waals surface area (Å²) in [5, 5.41) is 6.67. The zero-order valence-electron chi connectivity index (χ0n) is 14.6. The van der Waals surface area contributed by atoms with Gasteiger partial charge < -0.3 is 9.47 Å². The normalized spacial score (nSPS) is 14.6. The number of hydrogen-bond donors (Lipinski definition) is 1. The molecular formula is C20H26N2O3. The maximum atomic E-state index is 11.9. The molecule has 1 fully saturated rings. The van der Waals surface area contributed by atoms with Crippen LogP contribution in [0, 0.1) is 0 Å². The fourth-order valence-corrected chi connectivity index (χ4v) is 3.17. The van der Waals surface area contributed by atoms with Gasteiger partial charge in [0.2, 0.25) is 0 Å². The van der Waals surface area contributed by atoms with Crippen LogP contribution in [0.3, 0.4) is 0 Å². The van der Waals surface area contributed by atoms with Crippen molar-refractivity contribution in [2.24, 2.45) is 0 Å². The molecule has 1 saturated carbocycles. The number of rotatable bonds is 9. The van der Waals surface area contributed by atoms with Gasteiger partial charge in [-0.3, -0.25) is 9.89 Å². The van der Waals surface area contributed by atoms with E-state index in [0.29, 0.717) is 25.6 Å². The molecule has 1 aromatic heterocycles. The number of H-pyrrole nitrogens is 1. The van der Waals surface area contributed by atoms with Crippen molar-refractivity contribution in [2.75, 3.05) is 6.61 Å². The lowest BCUT2D eigenvalue weighted by atomic mass is 10.1. The molecular weight excluding hydrogens is 316 g/mol. The summed E-state index contributed by atoms with van der Waals surface area (Å²) in [6, 6.07) is 8.07. The van der Waals surface area contributed by atoms with E-state index in [9.17, 15) is 4.79 Å². The zero-order chi connectivity index (χ0) is 17.3. The average molecular weight is 342 g/mol. The highest BCUT2D eigenvalue weighted by Crippen LogP contribution is 2.24. The van der Waals surface area contributed by atoms with Gasteiger partial charge in [0.05, 0.1) is 18.9 Å². The first-order valence-electron chi connectivity index (χ1n) is 9.18. The van der Waals surface area contributed by atoms with Crippen molar-refractivity contribution >= 4 is 5.97 Å². The summed E-state index contributed by atoms with van der Waals surface area (Å²) < 4.78 is 11.3. The molecule has 5 nitrogen and oxygen atoms in total. The third-order valence-corrected chi connectivity index (χ3v) is 4.55. The van der Waals surface area contributed by atoms with E-state index in [1.54, 1.807) is 6.20 Å². The molecule has 134 valence electrons. The van der Waals surface area contributed by atoms with Crippen LogP contribution < -0.4 is 4.74 Å². The van der Waals surface area contributed by atoms with Gasteiger partial charge >= 0.3 is 5.97 Å². The van der Waals surface area contributed by atoms with Gasteiger partial charge in [0.1, 0.15) is 5.75 Å². The van der Waals surface area contributed by atoms with Crippen LogP contribution in [0.2, 0.25) is 0 Å². The minimum atomic E-state index is -0.144. The van der Waals surface area contributed by atoms with Gasteiger partial charge in [0.15, 0.2) is 0 Å². The van der Waals surface area contributed by atoms with E-state index in [1.807, 2.05) is 30.5 Å². The minimum absolute atomic E-state index is 0.144. The minimum Gasteiger partial charge on any atom is -0.490 e. The van der Waals surface area contributed by atoms with Gasteiger partial charge in [-0.25, -0.2) is 0 Å². The van der Waals surface area contributed by atoms with Crippen molar-refractivity contribution < 1.29 is 14.3 Å². The highest BCUT2D eigenvalue weighted by atomic mass is 16.5. The molecule has 3 rings (SSSR count). The summed E-state index contributed by atoms with van der Waals surface area (Å²) >= 11 is 0. The lowest BCUT2D eigenvalue weighted by Crippen LogP contribution is -2.11. The molecule has 0 radical (unpaired) electrons. The Labute approximate surface area is 148 Å². The topological polar surface area (TPSA) is 64.2 Å². The van der Waals surface area contributed by atoms with Crippen molar-refractivity contribution in [3.05, 3.63) is 47.8 Å². The van der Waals surface area contributed by atoms with Crippen molar-refractivity contribution in [2.45, 2.75) is 57.5 Å². The van der Waals surface area contributed by atoms with Crippen molar-refractivity contribution in [3.8, 4) is 5.75 Å². The number of nitrogens with zero attached hydrogens (tertiary/aromatic N) is 1. The molecule has 2 aromatic rings.